The predicted molar refractivity (Wildman–Crippen MR) is 121 cm³/mol. The van der Waals surface area contributed by atoms with E-state index in [2.05, 4.69) is 15.1 Å². The third kappa shape index (κ3) is 5.43. The molecule has 1 N–H and O–H groups in total. The van der Waals surface area contributed by atoms with Gasteiger partial charge in [0.2, 0.25) is 5.91 Å². The minimum atomic E-state index is -4.40. The highest BCUT2D eigenvalue weighted by atomic mass is 19.4. The van der Waals surface area contributed by atoms with Crippen LogP contribution in [-0.4, -0.2) is 55.7 Å². The van der Waals surface area contributed by atoms with Gasteiger partial charge in [-0.1, -0.05) is 18.2 Å². The van der Waals surface area contributed by atoms with E-state index in [4.69, 9.17) is 4.74 Å². The zero-order valence-corrected chi connectivity index (χ0v) is 18.9. The Kier molecular flexibility index (Phi) is 6.83. The van der Waals surface area contributed by atoms with Gasteiger partial charge < -0.3 is 15.0 Å². The number of rotatable bonds is 6. The van der Waals surface area contributed by atoms with E-state index >= 15 is 0 Å². The number of carbonyl (C=O) groups is 1. The lowest BCUT2D eigenvalue weighted by Gasteiger charge is -2.49. The molecule has 0 aromatic heterocycles. The molecule has 0 saturated carbocycles. The summed E-state index contributed by atoms with van der Waals surface area (Å²) in [6, 6.07) is 13.4. The van der Waals surface area contributed by atoms with Gasteiger partial charge in [0.05, 0.1) is 17.5 Å². The van der Waals surface area contributed by atoms with Gasteiger partial charge in [-0.05, 0) is 56.2 Å². The lowest BCUT2D eigenvalue weighted by atomic mass is 9.82. The molecule has 1 amide bonds. The van der Waals surface area contributed by atoms with Gasteiger partial charge in [0.1, 0.15) is 12.4 Å². The van der Waals surface area contributed by atoms with E-state index in [0.29, 0.717) is 31.7 Å². The molecule has 0 aliphatic carbocycles. The topological polar surface area (TPSA) is 44.8 Å². The zero-order valence-electron chi connectivity index (χ0n) is 18.9. The number of piperazine rings is 1. The number of nitrogens with zero attached hydrogens (tertiary/aromatic N) is 2. The number of benzene rings is 2. The molecule has 2 aliphatic rings. The second kappa shape index (κ2) is 9.63. The van der Waals surface area contributed by atoms with E-state index in [1.165, 1.54) is 6.07 Å². The van der Waals surface area contributed by atoms with E-state index in [1.807, 2.05) is 44.2 Å². The summed E-state index contributed by atoms with van der Waals surface area (Å²) < 4.78 is 45.7. The number of hydrogen-bond acceptors (Lipinski definition) is 4. The molecule has 2 aliphatic heterocycles. The molecule has 178 valence electrons. The number of anilines is 1. The first kappa shape index (κ1) is 23.4. The van der Waals surface area contributed by atoms with Gasteiger partial charge in [-0.2, -0.15) is 13.2 Å². The summed E-state index contributed by atoms with van der Waals surface area (Å²) >= 11 is 0. The van der Waals surface area contributed by atoms with Crippen molar-refractivity contribution >= 4 is 11.6 Å². The maximum atomic E-state index is 13.3. The number of ether oxygens (including phenoxy) is 1. The number of halogens is 3. The van der Waals surface area contributed by atoms with Crippen LogP contribution in [0.2, 0.25) is 0 Å². The molecule has 0 radical (unpaired) electrons. The molecule has 5 nitrogen and oxygen atoms in total. The summed E-state index contributed by atoms with van der Waals surface area (Å²) in [6.07, 6.45) is -4.10. The normalized spacial score (nSPS) is 20.8. The number of carbonyl (C=O) groups excluding carboxylic acids is 1. The highest BCUT2D eigenvalue weighted by Crippen LogP contribution is 2.39. The number of alkyl halides is 3. The Morgan fingerprint density at radius 2 is 1.91 bits per heavy atom. The molecular weight excluding hydrogens is 431 g/mol. The van der Waals surface area contributed by atoms with Crippen LogP contribution < -0.4 is 15.0 Å². The molecule has 8 heteroatoms. The van der Waals surface area contributed by atoms with Crippen LogP contribution in [0, 0.1) is 5.92 Å². The first-order valence-corrected chi connectivity index (χ1v) is 11.4. The maximum Gasteiger partial charge on any atom is 0.416 e. The quantitative estimate of drug-likeness (QED) is 0.707. The summed E-state index contributed by atoms with van der Waals surface area (Å²) in [6.45, 7) is 7.11. The fourth-order valence-corrected chi connectivity index (χ4v) is 4.76. The van der Waals surface area contributed by atoms with E-state index in [9.17, 15) is 18.0 Å². The summed E-state index contributed by atoms with van der Waals surface area (Å²) in [5, 5.41) is 2.97. The van der Waals surface area contributed by atoms with E-state index in [-0.39, 0.29) is 18.0 Å². The van der Waals surface area contributed by atoms with Crippen LogP contribution >= 0.6 is 0 Å². The van der Waals surface area contributed by atoms with Gasteiger partial charge in [0.15, 0.2) is 0 Å². The lowest BCUT2D eigenvalue weighted by molar-refractivity contribution is -0.137. The molecule has 2 aromatic carbocycles. The molecule has 1 saturated heterocycles. The second-order valence-corrected chi connectivity index (χ2v) is 9.04. The van der Waals surface area contributed by atoms with Crippen LogP contribution in [0.25, 0.3) is 0 Å². The van der Waals surface area contributed by atoms with Gasteiger partial charge in [-0.25, -0.2) is 0 Å². The molecule has 0 bridgehead atoms. The van der Waals surface area contributed by atoms with Gasteiger partial charge >= 0.3 is 6.18 Å². The molecule has 2 aromatic rings. The number of amides is 1. The zero-order chi connectivity index (χ0) is 23.6. The first-order chi connectivity index (χ1) is 15.7. The molecule has 2 atom stereocenters. The monoisotopic (exact) mass is 461 g/mol. The summed E-state index contributed by atoms with van der Waals surface area (Å²) in [4.78, 5) is 17.5. The smallest absolute Gasteiger partial charge is 0.416 e. The van der Waals surface area contributed by atoms with Crippen LogP contribution in [0.5, 0.6) is 5.75 Å². The molecule has 2 heterocycles. The van der Waals surface area contributed by atoms with Crippen molar-refractivity contribution in [2.24, 2.45) is 5.92 Å². The number of fused-ring (bicyclic) bond motifs is 3. The van der Waals surface area contributed by atoms with Gasteiger partial charge in [0, 0.05) is 37.9 Å². The van der Waals surface area contributed by atoms with Crippen LogP contribution in [0.3, 0.4) is 0 Å². The van der Waals surface area contributed by atoms with Crippen LogP contribution in [0.1, 0.15) is 25.0 Å². The summed E-state index contributed by atoms with van der Waals surface area (Å²) in [5.41, 5.74) is 0.729. The van der Waals surface area contributed by atoms with Crippen molar-refractivity contribution in [1.82, 2.24) is 10.2 Å². The Morgan fingerprint density at radius 3 is 2.61 bits per heavy atom. The molecule has 33 heavy (non-hydrogen) atoms. The fraction of sp³-hybridized carbons (Fsp3) is 0.480. The Hall–Kier alpha value is -2.74. The van der Waals surface area contributed by atoms with Crippen molar-refractivity contribution in [2.75, 3.05) is 37.7 Å². The molecule has 1 fully saturated rings. The highest BCUT2D eigenvalue weighted by molar-refractivity contribution is 5.82. The largest absolute Gasteiger partial charge is 0.492 e. The highest BCUT2D eigenvalue weighted by Gasteiger charge is 2.42. The van der Waals surface area contributed by atoms with Crippen LogP contribution in [0.15, 0.2) is 48.5 Å². The molecule has 0 unspecified atom stereocenters. The van der Waals surface area contributed by atoms with Crippen molar-refractivity contribution in [2.45, 2.75) is 38.5 Å². The average molecular weight is 462 g/mol. The Bertz CT molecular complexity index is 965. The number of para-hydroxylation sites is 1. The van der Waals surface area contributed by atoms with Crippen molar-refractivity contribution in [3.05, 3.63) is 59.7 Å². The molecular formula is C25H30F3N3O2. The Balaban J connectivity index is 1.51. The third-order valence-electron chi connectivity index (χ3n) is 6.31. The lowest BCUT2D eigenvalue weighted by Crippen LogP contribution is -2.61. The number of hydrogen-bond donors (Lipinski definition) is 1. The summed E-state index contributed by atoms with van der Waals surface area (Å²) in [7, 11) is 0. The van der Waals surface area contributed by atoms with Crippen molar-refractivity contribution < 1.29 is 22.7 Å². The second-order valence-electron chi connectivity index (χ2n) is 9.04. The van der Waals surface area contributed by atoms with E-state index in [0.717, 1.165) is 30.6 Å². The molecule has 0 spiro atoms. The fourth-order valence-electron chi connectivity index (χ4n) is 4.76. The van der Waals surface area contributed by atoms with Crippen LogP contribution in [0.4, 0.5) is 18.9 Å². The minimum absolute atomic E-state index is 0.0344. The minimum Gasteiger partial charge on any atom is -0.492 e. The number of nitrogens with one attached hydrogen (secondary N) is 1. The van der Waals surface area contributed by atoms with Gasteiger partial charge in [-0.15, -0.1) is 0 Å². The van der Waals surface area contributed by atoms with Crippen molar-refractivity contribution in [1.29, 1.82) is 0 Å². The maximum absolute atomic E-state index is 13.3. The standard InChI is InChI=1S/C25H30F3N3O2/c1-17(2)29-24(32)21-15-18-14-19(25(26,27)28)8-9-22(18)31-11-10-30(16-23(21)31)12-13-33-20-6-4-3-5-7-20/h3-9,14,17,21,23H,10-13,15-16H2,1-2H3,(H,29,32)/t21-,23-/m1/s1. The van der Waals surface area contributed by atoms with E-state index in [1.54, 1.807) is 6.07 Å². The SMILES string of the molecule is CC(C)NC(=O)[C@@H]1Cc2cc(C(F)(F)F)ccc2N2CCN(CCOc3ccccc3)C[C@H]12. The Labute approximate surface area is 192 Å². The van der Waals surface area contributed by atoms with Gasteiger partial charge in [0.25, 0.3) is 0 Å². The van der Waals surface area contributed by atoms with Gasteiger partial charge in [-0.3, -0.25) is 9.69 Å². The molecule has 4 rings (SSSR count). The first-order valence-electron chi connectivity index (χ1n) is 11.4. The van der Waals surface area contributed by atoms with Crippen molar-refractivity contribution in [3.63, 3.8) is 0 Å². The average Bonchev–Trinajstić information content (AvgIpc) is 2.77. The van der Waals surface area contributed by atoms with Crippen molar-refractivity contribution in [3.8, 4) is 5.75 Å². The predicted octanol–water partition coefficient (Wildman–Crippen LogP) is 3.97. The Morgan fingerprint density at radius 1 is 1.15 bits per heavy atom. The summed E-state index contributed by atoms with van der Waals surface area (Å²) in [5.74, 6) is 0.295. The van der Waals surface area contributed by atoms with E-state index < -0.39 is 17.7 Å². The van der Waals surface area contributed by atoms with Crippen LogP contribution in [-0.2, 0) is 17.4 Å². The third-order valence-corrected chi connectivity index (χ3v) is 6.31.